The smallest absolute Gasteiger partial charge is 0.245 e. The molecule has 148 valence electrons. The van der Waals surface area contributed by atoms with Gasteiger partial charge in [-0.25, -0.2) is 8.42 Å². The highest BCUT2D eigenvalue weighted by atomic mass is 32.2. The first-order chi connectivity index (χ1) is 13.1. The largest absolute Gasteiger partial charge is 0.360 e. The summed E-state index contributed by atoms with van der Waals surface area (Å²) in [5, 5.41) is 14.9. The van der Waals surface area contributed by atoms with Crippen LogP contribution in [0.2, 0.25) is 0 Å². The number of carbonyl (C=O) groups excluding carboxylic acids is 2. The van der Waals surface area contributed by atoms with Crippen molar-refractivity contribution >= 4 is 27.7 Å². The number of aryl methyl sites for hydroxylation is 1. The van der Waals surface area contributed by atoms with Gasteiger partial charge in [0.05, 0.1) is 29.6 Å². The van der Waals surface area contributed by atoms with Crippen LogP contribution in [0.15, 0.2) is 39.8 Å². The zero-order chi connectivity index (χ0) is 20.9. The average Bonchev–Trinajstić information content (AvgIpc) is 3.05. The van der Waals surface area contributed by atoms with Crippen molar-refractivity contribution in [3.8, 4) is 6.07 Å². The highest BCUT2D eigenvalue weighted by Crippen LogP contribution is 2.15. The molecule has 0 atom stereocenters. The van der Waals surface area contributed by atoms with Crippen molar-refractivity contribution in [3.63, 3.8) is 0 Å². The number of sulfonamides is 1. The van der Waals surface area contributed by atoms with Gasteiger partial charge >= 0.3 is 0 Å². The maximum atomic E-state index is 12.5. The first-order valence-corrected chi connectivity index (χ1v) is 9.51. The van der Waals surface area contributed by atoms with Gasteiger partial charge in [0.15, 0.2) is 5.82 Å². The van der Waals surface area contributed by atoms with Crippen molar-refractivity contribution in [3.05, 3.63) is 41.7 Å². The summed E-state index contributed by atoms with van der Waals surface area (Å²) in [7, 11) is -1.26. The molecule has 0 aliphatic heterocycles. The Morgan fingerprint density at radius 3 is 2.39 bits per heavy atom. The zero-order valence-electron chi connectivity index (χ0n) is 15.5. The van der Waals surface area contributed by atoms with Crippen molar-refractivity contribution in [2.75, 3.05) is 32.5 Å². The Morgan fingerprint density at radius 1 is 1.21 bits per heavy atom. The standard InChI is InChI=1S/C17H19N5O5S/c1-12-8-15(20-27-12)19-16(23)10-21(2)17(24)11-22(3)28(25,26)14-6-4-13(9-18)5-7-14/h4-8H,10-11H2,1-3H3,(H,19,20,23). The van der Waals surface area contributed by atoms with Crippen molar-refractivity contribution in [1.29, 1.82) is 5.26 Å². The minimum Gasteiger partial charge on any atom is -0.360 e. The number of likely N-dealkylation sites (N-methyl/N-ethyl adjacent to an activating group) is 2. The van der Waals surface area contributed by atoms with Gasteiger partial charge in [0.25, 0.3) is 0 Å². The lowest BCUT2D eigenvalue weighted by Gasteiger charge is -2.21. The molecule has 11 heteroatoms. The number of aromatic nitrogens is 1. The van der Waals surface area contributed by atoms with Crippen LogP contribution in [0, 0.1) is 18.3 Å². The molecular weight excluding hydrogens is 386 g/mol. The number of hydrogen-bond acceptors (Lipinski definition) is 7. The van der Waals surface area contributed by atoms with Crippen LogP contribution >= 0.6 is 0 Å². The maximum Gasteiger partial charge on any atom is 0.245 e. The van der Waals surface area contributed by atoms with E-state index in [0.717, 1.165) is 9.21 Å². The van der Waals surface area contributed by atoms with Crippen LogP contribution in [-0.2, 0) is 19.6 Å². The van der Waals surface area contributed by atoms with Crippen molar-refractivity contribution < 1.29 is 22.5 Å². The fourth-order valence-electron chi connectivity index (χ4n) is 2.19. The van der Waals surface area contributed by atoms with Gasteiger partial charge in [-0.3, -0.25) is 9.59 Å². The molecule has 0 bridgehead atoms. The molecule has 2 amide bonds. The van der Waals surface area contributed by atoms with E-state index >= 15 is 0 Å². The molecule has 0 radical (unpaired) electrons. The Morgan fingerprint density at radius 2 is 1.86 bits per heavy atom. The van der Waals surface area contributed by atoms with E-state index in [-0.39, 0.29) is 17.3 Å². The molecule has 0 saturated heterocycles. The van der Waals surface area contributed by atoms with E-state index in [1.54, 1.807) is 6.92 Å². The van der Waals surface area contributed by atoms with Crippen molar-refractivity contribution in [1.82, 2.24) is 14.4 Å². The normalized spacial score (nSPS) is 11.1. The van der Waals surface area contributed by atoms with E-state index in [1.807, 2.05) is 6.07 Å². The van der Waals surface area contributed by atoms with Crippen LogP contribution in [0.5, 0.6) is 0 Å². The van der Waals surface area contributed by atoms with E-state index in [0.29, 0.717) is 11.3 Å². The van der Waals surface area contributed by atoms with E-state index in [9.17, 15) is 18.0 Å². The minimum atomic E-state index is -3.91. The van der Waals surface area contributed by atoms with E-state index in [4.69, 9.17) is 9.78 Å². The molecule has 0 unspecified atom stereocenters. The molecule has 2 rings (SSSR count). The monoisotopic (exact) mass is 405 g/mol. The number of anilines is 1. The third-order valence-electron chi connectivity index (χ3n) is 3.75. The van der Waals surface area contributed by atoms with Crippen molar-refractivity contribution in [2.24, 2.45) is 0 Å². The summed E-state index contributed by atoms with van der Waals surface area (Å²) >= 11 is 0. The van der Waals surface area contributed by atoms with Crippen LogP contribution in [0.3, 0.4) is 0 Å². The predicted molar refractivity (Wildman–Crippen MR) is 98.5 cm³/mol. The molecule has 28 heavy (non-hydrogen) atoms. The first-order valence-electron chi connectivity index (χ1n) is 8.07. The topological polar surface area (TPSA) is 137 Å². The third-order valence-corrected chi connectivity index (χ3v) is 5.57. The van der Waals surface area contributed by atoms with Gasteiger partial charge in [-0.1, -0.05) is 5.16 Å². The quantitative estimate of drug-likeness (QED) is 0.711. The Kier molecular flexibility index (Phi) is 6.50. The number of nitrogens with zero attached hydrogens (tertiary/aromatic N) is 4. The summed E-state index contributed by atoms with van der Waals surface area (Å²) < 4.78 is 30.8. The second-order valence-electron chi connectivity index (χ2n) is 6.02. The number of nitriles is 1. The van der Waals surface area contributed by atoms with Crippen LogP contribution in [0.25, 0.3) is 0 Å². The second kappa shape index (κ2) is 8.64. The first kappa shape index (κ1) is 21.1. The van der Waals surface area contributed by atoms with Crippen LogP contribution in [0.1, 0.15) is 11.3 Å². The Labute approximate surface area is 162 Å². The number of hydrogen-bond donors (Lipinski definition) is 1. The Hall–Kier alpha value is -3.23. The van der Waals surface area contributed by atoms with Gasteiger partial charge in [-0.05, 0) is 31.2 Å². The van der Waals surface area contributed by atoms with Crippen LogP contribution in [0.4, 0.5) is 5.82 Å². The van der Waals surface area contributed by atoms with Gasteiger partial charge in [-0.2, -0.15) is 9.57 Å². The van der Waals surface area contributed by atoms with Gasteiger partial charge in [0.1, 0.15) is 5.76 Å². The molecule has 1 heterocycles. The number of rotatable bonds is 7. The molecule has 2 aromatic rings. The molecule has 0 aliphatic carbocycles. The average molecular weight is 405 g/mol. The summed E-state index contributed by atoms with van der Waals surface area (Å²) in [5.41, 5.74) is 0.325. The lowest BCUT2D eigenvalue weighted by atomic mass is 10.2. The summed E-state index contributed by atoms with van der Waals surface area (Å²) in [4.78, 5) is 25.3. The lowest BCUT2D eigenvalue weighted by Crippen LogP contribution is -2.42. The zero-order valence-corrected chi connectivity index (χ0v) is 16.4. The Bertz CT molecular complexity index is 1010. The fourth-order valence-corrected chi connectivity index (χ4v) is 3.31. The molecule has 0 spiro atoms. The third kappa shape index (κ3) is 5.15. The summed E-state index contributed by atoms with van der Waals surface area (Å²) in [6.45, 7) is 0.938. The SMILES string of the molecule is Cc1cc(NC(=O)CN(C)C(=O)CN(C)S(=O)(=O)c2ccc(C#N)cc2)no1. The van der Waals surface area contributed by atoms with E-state index in [1.165, 1.54) is 44.4 Å². The van der Waals surface area contributed by atoms with Crippen LogP contribution < -0.4 is 5.32 Å². The van der Waals surface area contributed by atoms with Gasteiger partial charge < -0.3 is 14.7 Å². The maximum absolute atomic E-state index is 12.5. The predicted octanol–water partition coefficient (Wildman–Crippen LogP) is 0.572. The molecule has 1 aromatic carbocycles. The number of amides is 2. The fraction of sp³-hybridized carbons (Fsp3) is 0.294. The highest BCUT2D eigenvalue weighted by Gasteiger charge is 2.25. The summed E-state index contributed by atoms with van der Waals surface area (Å²) in [6, 6.07) is 8.78. The highest BCUT2D eigenvalue weighted by molar-refractivity contribution is 7.89. The summed E-state index contributed by atoms with van der Waals surface area (Å²) in [5.74, 6) is -0.314. The number of carbonyl (C=O) groups is 2. The van der Waals surface area contributed by atoms with Gasteiger partial charge in [0.2, 0.25) is 21.8 Å². The molecule has 0 aliphatic rings. The molecular formula is C17H19N5O5S. The van der Waals surface area contributed by atoms with Gasteiger partial charge in [0, 0.05) is 20.2 Å². The molecule has 1 N–H and O–H groups in total. The van der Waals surface area contributed by atoms with E-state index in [2.05, 4.69) is 10.5 Å². The van der Waals surface area contributed by atoms with Gasteiger partial charge in [-0.15, -0.1) is 0 Å². The second-order valence-corrected chi connectivity index (χ2v) is 8.06. The molecule has 1 aromatic heterocycles. The number of nitrogens with one attached hydrogen (secondary N) is 1. The number of benzene rings is 1. The Balaban J connectivity index is 1.96. The summed E-state index contributed by atoms with van der Waals surface area (Å²) in [6.07, 6.45) is 0. The molecule has 0 saturated carbocycles. The van der Waals surface area contributed by atoms with E-state index < -0.39 is 28.4 Å². The molecule has 0 fully saturated rings. The lowest BCUT2D eigenvalue weighted by molar-refractivity contribution is -0.133. The molecule has 10 nitrogen and oxygen atoms in total. The van der Waals surface area contributed by atoms with Crippen molar-refractivity contribution in [2.45, 2.75) is 11.8 Å². The minimum absolute atomic E-state index is 0.0383. The van der Waals surface area contributed by atoms with Crippen LogP contribution in [-0.4, -0.2) is 61.8 Å².